The summed E-state index contributed by atoms with van der Waals surface area (Å²) in [4.78, 5) is 10.7. The zero-order valence-corrected chi connectivity index (χ0v) is 6.87. The van der Waals surface area contributed by atoms with E-state index in [0.717, 1.165) is 5.46 Å². The van der Waals surface area contributed by atoms with Gasteiger partial charge in [0.15, 0.2) is 0 Å². The molecule has 0 saturated carbocycles. The molecule has 12 heavy (non-hydrogen) atoms. The number of carbonyl (C=O) groups excluding carboxylic acids is 1. The number of benzene rings is 1. The molecule has 0 aliphatic carbocycles. The van der Waals surface area contributed by atoms with E-state index in [-0.39, 0.29) is 6.03 Å². The molecular weight excluding hydrogens is 151 g/mol. The first-order chi connectivity index (χ1) is 5.83. The zero-order valence-electron chi connectivity index (χ0n) is 6.87. The Morgan fingerprint density at radius 2 is 2.00 bits per heavy atom. The summed E-state index contributed by atoms with van der Waals surface area (Å²) in [7, 11) is 3.23. The topological polar surface area (TPSA) is 41.1 Å². The fourth-order valence-corrected chi connectivity index (χ4v) is 0.770. The van der Waals surface area contributed by atoms with Crippen molar-refractivity contribution in [2.45, 2.75) is 0 Å². The Morgan fingerprint density at radius 3 is 2.58 bits per heavy atom. The van der Waals surface area contributed by atoms with E-state index in [1.165, 1.54) is 0 Å². The summed E-state index contributed by atoms with van der Waals surface area (Å²) >= 11 is 0. The van der Waals surface area contributed by atoms with Gasteiger partial charge in [0.2, 0.25) is 0 Å². The summed E-state index contributed by atoms with van der Waals surface area (Å²) in [6.07, 6.45) is 0. The van der Waals surface area contributed by atoms with Crippen LogP contribution in [0, 0.1) is 0 Å². The van der Waals surface area contributed by atoms with Gasteiger partial charge in [-0.3, -0.25) is 4.79 Å². The van der Waals surface area contributed by atoms with E-state index in [1.54, 1.807) is 14.5 Å². The Hall–Kier alpha value is -1.45. The van der Waals surface area contributed by atoms with E-state index < -0.39 is 0 Å². The van der Waals surface area contributed by atoms with Crippen LogP contribution in [-0.4, -0.2) is 20.5 Å². The molecule has 0 unspecified atom stereocenters. The van der Waals surface area contributed by atoms with Crippen LogP contribution >= 0.6 is 0 Å². The second-order valence-electron chi connectivity index (χ2n) is 2.28. The molecule has 1 radical (unpaired) electrons. The highest BCUT2D eigenvalue weighted by atomic mass is 16.2. The van der Waals surface area contributed by atoms with Crippen LogP contribution in [0.25, 0.3) is 0 Å². The van der Waals surface area contributed by atoms with Crippen molar-refractivity contribution in [2.24, 2.45) is 0 Å². The number of urea groups is 1. The molecule has 2 N–H and O–H groups in total. The predicted octanol–water partition coefficient (Wildman–Crippen LogP) is -0.140. The van der Waals surface area contributed by atoms with Gasteiger partial charge in [0.1, 0.15) is 0 Å². The van der Waals surface area contributed by atoms with Gasteiger partial charge in [-0.25, -0.2) is 0 Å². The first-order valence-electron chi connectivity index (χ1n) is 3.69. The molecule has 1 aromatic carbocycles. The number of rotatable bonds is 2. The van der Waals surface area contributed by atoms with E-state index in [4.69, 9.17) is 0 Å². The van der Waals surface area contributed by atoms with Crippen molar-refractivity contribution < 1.29 is 4.79 Å². The Labute approximate surface area is 72.4 Å². The van der Waals surface area contributed by atoms with Crippen LogP contribution in [0.5, 0.6) is 0 Å². The van der Waals surface area contributed by atoms with E-state index >= 15 is 0 Å². The third-order valence-corrected chi connectivity index (χ3v) is 1.40. The van der Waals surface area contributed by atoms with Gasteiger partial charge in [0.05, 0.1) is 0 Å². The lowest BCUT2D eigenvalue weighted by Gasteiger charge is -2.01. The fraction of sp³-hybridized carbons (Fsp3) is 0.125. The number of carbonyl (C=O) groups is 1. The average molecular weight is 161 g/mol. The summed E-state index contributed by atoms with van der Waals surface area (Å²) in [6.45, 7) is 0. The largest absolute Gasteiger partial charge is 0.381 e. The number of hydrogen-bond acceptors (Lipinski definition) is 1. The fourth-order valence-electron chi connectivity index (χ4n) is 0.770. The molecule has 0 saturated heterocycles. The molecule has 0 aliphatic heterocycles. The highest BCUT2D eigenvalue weighted by molar-refractivity contribution is 6.53. The quantitative estimate of drug-likeness (QED) is 0.582. The molecule has 0 spiro atoms. The minimum Gasteiger partial charge on any atom is -0.381 e. The monoisotopic (exact) mass is 161 g/mol. The summed E-state index contributed by atoms with van der Waals surface area (Å²) < 4.78 is 0. The van der Waals surface area contributed by atoms with Crippen LogP contribution in [-0.2, 0) is 0 Å². The van der Waals surface area contributed by atoms with Crippen molar-refractivity contribution in [2.75, 3.05) is 7.05 Å². The van der Waals surface area contributed by atoms with Crippen LogP contribution in [0.15, 0.2) is 30.3 Å². The normalized spacial score (nSPS) is 8.75. The molecular formula is C8H10BN2O. The summed E-state index contributed by atoms with van der Waals surface area (Å²) in [5, 5.41) is 5.03. The molecule has 1 aromatic rings. The van der Waals surface area contributed by atoms with Crippen LogP contribution in [0.2, 0.25) is 0 Å². The minimum absolute atomic E-state index is 0.209. The average Bonchev–Trinajstić information content (AvgIpc) is 2.16. The highest BCUT2D eigenvalue weighted by Gasteiger charge is 1.97. The van der Waals surface area contributed by atoms with E-state index in [0.29, 0.717) is 0 Å². The molecule has 61 valence electrons. The summed E-state index contributed by atoms with van der Waals surface area (Å²) in [6, 6.07) is 9.37. The van der Waals surface area contributed by atoms with Crippen molar-refractivity contribution in [3.8, 4) is 0 Å². The maximum atomic E-state index is 10.7. The smallest absolute Gasteiger partial charge is 0.302 e. The van der Waals surface area contributed by atoms with Crippen molar-refractivity contribution >= 4 is 18.9 Å². The second-order valence-corrected chi connectivity index (χ2v) is 2.28. The summed E-state index contributed by atoms with van der Waals surface area (Å²) in [5.74, 6) is 0. The van der Waals surface area contributed by atoms with Crippen LogP contribution in [0.1, 0.15) is 0 Å². The lowest BCUT2D eigenvalue weighted by molar-refractivity contribution is 0.248. The van der Waals surface area contributed by atoms with Crippen molar-refractivity contribution in [3.63, 3.8) is 0 Å². The van der Waals surface area contributed by atoms with Crippen molar-refractivity contribution in [3.05, 3.63) is 30.3 Å². The number of nitrogens with one attached hydrogen (secondary N) is 2. The van der Waals surface area contributed by atoms with Gasteiger partial charge in [-0.1, -0.05) is 35.8 Å². The third kappa shape index (κ3) is 2.66. The van der Waals surface area contributed by atoms with Gasteiger partial charge in [0, 0.05) is 7.05 Å². The number of amides is 2. The Kier molecular flexibility index (Phi) is 3.20. The second kappa shape index (κ2) is 4.44. The molecule has 0 heterocycles. The molecule has 4 heteroatoms. The molecule has 0 aliphatic rings. The van der Waals surface area contributed by atoms with Gasteiger partial charge in [-0.05, 0) is 0 Å². The molecule has 1 rings (SSSR count). The Bertz CT molecular complexity index is 250. The van der Waals surface area contributed by atoms with Crippen LogP contribution < -0.4 is 16.0 Å². The van der Waals surface area contributed by atoms with E-state index in [1.807, 2.05) is 30.3 Å². The van der Waals surface area contributed by atoms with Gasteiger partial charge in [-0.2, -0.15) is 0 Å². The number of hydrogen-bond donors (Lipinski definition) is 2. The van der Waals surface area contributed by atoms with E-state index in [2.05, 4.69) is 10.5 Å². The Morgan fingerprint density at radius 1 is 1.33 bits per heavy atom. The maximum absolute atomic E-state index is 10.7. The summed E-state index contributed by atoms with van der Waals surface area (Å²) in [5.41, 5.74) is 0.973. The van der Waals surface area contributed by atoms with Gasteiger partial charge >= 0.3 is 6.03 Å². The lowest BCUT2D eigenvalue weighted by Crippen LogP contribution is -2.40. The Balaban J connectivity index is 2.38. The van der Waals surface area contributed by atoms with Crippen LogP contribution in [0.3, 0.4) is 0 Å². The molecule has 0 aromatic heterocycles. The molecule has 3 nitrogen and oxygen atoms in total. The highest BCUT2D eigenvalue weighted by Crippen LogP contribution is 1.79. The van der Waals surface area contributed by atoms with Gasteiger partial charge in [-0.15, -0.1) is 0 Å². The molecule has 2 amide bonds. The van der Waals surface area contributed by atoms with Crippen LogP contribution in [0.4, 0.5) is 4.79 Å². The predicted molar refractivity (Wildman–Crippen MR) is 49.4 cm³/mol. The zero-order chi connectivity index (χ0) is 8.81. The van der Waals surface area contributed by atoms with Crippen molar-refractivity contribution in [1.29, 1.82) is 0 Å². The molecule has 0 atom stereocenters. The minimum atomic E-state index is -0.209. The maximum Gasteiger partial charge on any atom is 0.302 e. The SMILES string of the molecule is CNC(=O)N[B]c1ccccc1. The first kappa shape index (κ1) is 8.65. The van der Waals surface area contributed by atoms with Crippen molar-refractivity contribution in [1.82, 2.24) is 10.5 Å². The lowest BCUT2D eigenvalue weighted by atomic mass is 9.83. The van der Waals surface area contributed by atoms with E-state index in [9.17, 15) is 4.79 Å². The third-order valence-electron chi connectivity index (χ3n) is 1.40. The standard InChI is InChI=1S/C8H10BN2O/c1-10-8(12)11-9-7-5-3-2-4-6-7/h2-6H,1H3,(H2,10,11,12). The molecule has 0 fully saturated rings. The van der Waals surface area contributed by atoms with Gasteiger partial charge in [0.25, 0.3) is 7.41 Å². The first-order valence-corrected chi connectivity index (χ1v) is 3.69. The molecule has 0 bridgehead atoms. The van der Waals surface area contributed by atoms with Gasteiger partial charge < -0.3 is 10.5 Å².